The molecule has 0 radical (unpaired) electrons. The summed E-state index contributed by atoms with van der Waals surface area (Å²) in [5.74, 6) is -1.19. The van der Waals surface area contributed by atoms with E-state index in [1.165, 1.54) is 17.5 Å². The van der Waals surface area contributed by atoms with Gasteiger partial charge in [0.25, 0.3) is 5.91 Å². The number of esters is 1. The zero-order chi connectivity index (χ0) is 19.3. The lowest BCUT2D eigenvalue weighted by Gasteiger charge is -2.05. The van der Waals surface area contributed by atoms with Crippen molar-refractivity contribution in [2.75, 3.05) is 11.9 Å². The fraction of sp³-hybridized carbons (Fsp3) is 0.0500. The molecule has 0 aliphatic rings. The number of carbonyl (C=O) groups excluding carboxylic acids is 2. The smallest absolute Gasteiger partial charge is 0.359 e. The first-order valence-corrected chi connectivity index (χ1v) is 9.27. The predicted octanol–water partition coefficient (Wildman–Crippen LogP) is 3.55. The van der Waals surface area contributed by atoms with Crippen LogP contribution in [0.3, 0.4) is 0 Å². The number of nitrogens with zero attached hydrogens (tertiary/aromatic N) is 3. The third kappa shape index (κ3) is 4.02. The molecule has 0 unspecified atom stereocenters. The molecule has 0 fully saturated rings. The highest BCUT2D eigenvalue weighted by molar-refractivity contribution is 7.14. The number of ether oxygens (including phenoxy) is 1. The summed E-state index contributed by atoms with van der Waals surface area (Å²) in [7, 11) is 0. The number of benzene rings is 2. The van der Waals surface area contributed by atoms with Crippen molar-refractivity contribution >= 4 is 39.4 Å². The molecule has 4 rings (SSSR count). The Morgan fingerprint density at radius 2 is 1.71 bits per heavy atom. The van der Waals surface area contributed by atoms with Crippen LogP contribution >= 0.6 is 11.3 Å². The average Bonchev–Trinajstić information content (AvgIpc) is 3.20. The van der Waals surface area contributed by atoms with Gasteiger partial charge in [-0.2, -0.15) is 0 Å². The molecule has 0 aliphatic carbocycles. The first-order chi connectivity index (χ1) is 13.7. The molecule has 0 saturated carbocycles. The van der Waals surface area contributed by atoms with E-state index >= 15 is 0 Å². The number of nitrogens with one attached hydrogen (secondary N) is 1. The topological polar surface area (TPSA) is 94.1 Å². The van der Waals surface area contributed by atoms with E-state index in [0.29, 0.717) is 16.2 Å². The van der Waals surface area contributed by atoms with Crippen LogP contribution < -0.4 is 5.32 Å². The molecule has 0 saturated heterocycles. The van der Waals surface area contributed by atoms with E-state index in [4.69, 9.17) is 4.74 Å². The summed E-state index contributed by atoms with van der Waals surface area (Å²) >= 11 is 1.30. The third-order valence-electron chi connectivity index (χ3n) is 3.81. The average molecular weight is 390 g/mol. The molecule has 2 aromatic carbocycles. The Balaban J connectivity index is 1.35. The number of rotatable bonds is 5. The van der Waals surface area contributed by atoms with Crippen molar-refractivity contribution in [2.24, 2.45) is 0 Å². The van der Waals surface area contributed by atoms with Gasteiger partial charge in [-0.1, -0.05) is 42.5 Å². The van der Waals surface area contributed by atoms with Gasteiger partial charge in [-0.15, -0.1) is 11.3 Å². The zero-order valence-electron chi connectivity index (χ0n) is 14.5. The minimum absolute atomic E-state index is 0.0483. The van der Waals surface area contributed by atoms with Crippen molar-refractivity contribution in [3.05, 3.63) is 71.9 Å². The lowest BCUT2D eigenvalue weighted by molar-refractivity contribution is -0.119. The number of hydrogen-bond donors (Lipinski definition) is 1. The zero-order valence-corrected chi connectivity index (χ0v) is 15.3. The number of anilines is 1. The summed E-state index contributed by atoms with van der Waals surface area (Å²) in [6.07, 6.45) is 1.33. The quantitative estimate of drug-likeness (QED) is 0.524. The molecular formula is C20H14N4O3S. The van der Waals surface area contributed by atoms with Crippen LogP contribution in [0.2, 0.25) is 0 Å². The van der Waals surface area contributed by atoms with Crippen molar-refractivity contribution < 1.29 is 14.3 Å². The van der Waals surface area contributed by atoms with E-state index < -0.39 is 18.5 Å². The second-order valence-corrected chi connectivity index (χ2v) is 6.63. The summed E-state index contributed by atoms with van der Waals surface area (Å²) in [6.45, 7) is -0.437. The second kappa shape index (κ2) is 7.93. The van der Waals surface area contributed by atoms with Crippen LogP contribution in [-0.4, -0.2) is 33.4 Å². The molecule has 2 aromatic heterocycles. The van der Waals surface area contributed by atoms with Gasteiger partial charge >= 0.3 is 5.97 Å². The Labute approximate surface area is 164 Å². The maximum Gasteiger partial charge on any atom is 0.359 e. The number of hydrogen-bond acceptors (Lipinski definition) is 7. The predicted molar refractivity (Wildman–Crippen MR) is 106 cm³/mol. The maximum absolute atomic E-state index is 12.1. The molecule has 8 heteroatoms. The van der Waals surface area contributed by atoms with E-state index in [0.717, 1.165) is 11.3 Å². The number of aromatic nitrogens is 3. The fourth-order valence-corrected chi connectivity index (χ4v) is 3.22. The lowest BCUT2D eigenvalue weighted by atomic mass is 10.2. The summed E-state index contributed by atoms with van der Waals surface area (Å²) in [5.41, 5.74) is 3.03. The van der Waals surface area contributed by atoms with Crippen LogP contribution in [-0.2, 0) is 9.53 Å². The van der Waals surface area contributed by atoms with Gasteiger partial charge < -0.3 is 4.74 Å². The van der Waals surface area contributed by atoms with Crippen LogP contribution in [0.4, 0.5) is 5.13 Å². The van der Waals surface area contributed by atoms with Gasteiger partial charge in [0.15, 0.2) is 17.4 Å². The van der Waals surface area contributed by atoms with Gasteiger partial charge in [-0.05, 0) is 12.1 Å². The minimum atomic E-state index is -0.711. The van der Waals surface area contributed by atoms with Crippen LogP contribution in [0.25, 0.3) is 22.3 Å². The monoisotopic (exact) mass is 390 g/mol. The van der Waals surface area contributed by atoms with Gasteiger partial charge in [0.1, 0.15) is 0 Å². The number of para-hydroxylation sites is 2. The van der Waals surface area contributed by atoms with Gasteiger partial charge in [0, 0.05) is 10.9 Å². The molecule has 1 N–H and O–H groups in total. The molecule has 4 aromatic rings. The van der Waals surface area contributed by atoms with Crippen molar-refractivity contribution in [3.63, 3.8) is 0 Å². The fourth-order valence-electron chi connectivity index (χ4n) is 2.49. The third-order valence-corrected chi connectivity index (χ3v) is 4.57. The Hall–Kier alpha value is -3.65. The molecular weight excluding hydrogens is 376 g/mol. The number of carbonyl (C=O) groups is 2. The van der Waals surface area contributed by atoms with Crippen molar-refractivity contribution in [1.82, 2.24) is 15.0 Å². The standard InChI is InChI=1S/C20H14N4O3S/c25-18(24-20-23-17(12-28-20)13-6-2-1-3-7-13)11-27-19(26)16-10-21-14-8-4-5-9-15(14)22-16/h1-10,12H,11H2,(H,23,24,25). The van der Waals surface area contributed by atoms with Gasteiger partial charge in [-0.3, -0.25) is 15.1 Å². The van der Waals surface area contributed by atoms with Gasteiger partial charge in [0.05, 0.1) is 22.9 Å². The van der Waals surface area contributed by atoms with E-state index in [2.05, 4.69) is 20.3 Å². The van der Waals surface area contributed by atoms with E-state index in [1.807, 2.05) is 41.8 Å². The molecule has 0 aliphatic heterocycles. The highest BCUT2D eigenvalue weighted by atomic mass is 32.1. The van der Waals surface area contributed by atoms with E-state index in [9.17, 15) is 9.59 Å². The van der Waals surface area contributed by atoms with Crippen molar-refractivity contribution in [3.8, 4) is 11.3 Å². The molecule has 0 spiro atoms. The lowest BCUT2D eigenvalue weighted by Crippen LogP contribution is -2.21. The number of amides is 1. The van der Waals surface area contributed by atoms with E-state index in [1.54, 1.807) is 18.2 Å². The summed E-state index contributed by atoms with van der Waals surface area (Å²) < 4.78 is 5.03. The number of fused-ring (bicyclic) bond motifs is 1. The molecule has 0 atom stereocenters. The van der Waals surface area contributed by atoms with Crippen LogP contribution in [0, 0.1) is 0 Å². The second-order valence-electron chi connectivity index (χ2n) is 5.77. The molecule has 2 heterocycles. The Kier molecular flexibility index (Phi) is 5.03. The largest absolute Gasteiger partial charge is 0.451 e. The van der Waals surface area contributed by atoms with Crippen LogP contribution in [0.5, 0.6) is 0 Å². The Bertz CT molecular complexity index is 1140. The first kappa shape index (κ1) is 17.7. The summed E-state index contributed by atoms with van der Waals surface area (Å²) in [5, 5.41) is 4.91. The SMILES string of the molecule is O=C(COC(=O)c1cnc2ccccc2n1)Nc1nc(-c2ccccc2)cs1. The van der Waals surface area contributed by atoms with Gasteiger partial charge in [0.2, 0.25) is 0 Å². The minimum Gasteiger partial charge on any atom is -0.451 e. The normalized spacial score (nSPS) is 10.6. The van der Waals surface area contributed by atoms with Crippen LogP contribution in [0.15, 0.2) is 66.2 Å². The highest BCUT2D eigenvalue weighted by Crippen LogP contribution is 2.24. The summed E-state index contributed by atoms with van der Waals surface area (Å²) in [6, 6.07) is 16.8. The molecule has 138 valence electrons. The first-order valence-electron chi connectivity index (χ1n) is 8.39. The Morgan fingerprint density at radius 1 is 0.964 bits per heavy atom. The van der Waals surface area contributed by atoms with Gasteiger partial charge in [-0.25, -0.2) is 14.8 Å². The molecule has 1 amide bonds. The molecule has 0 bridgehead atoms. The Morgan fingerprint density at radius 3 is 2.54 bits per heavy atom. The number of thiazole rings is 1. The molecule has 28 heavy (non-hydrogen) atoms. The van der Waals surface area contributed by atoms with E-state index in [-0.39, 0.29) is 5.69 Å². The van der Waals surface area contributed by atoms with Crippen molar-refractivity contribution in [1.29, 1.82) is 0 Å². The summed E-state index contributed by atoms with van der Waals surface area (Å²) in [4.78, 5) is 36.9. The molecule has 7 nitrogen and oxygen atoms in total. The maximum atomic E-state index is 12.1. The van der Waals surface area contributed by atoms with Crippen molar-refractivity contribution in [2.45, 2.75) is 0 Å². The highest BCUT2D eigenvalue weighted by Gasteiger charge is 2.14. The van der Waals surface area contributed by atoms with Crippen LogP contribution in [0.1, 0.15) is 10.5 Å².